The van der Waals surface area contributed by atoms with Crippen molar-refractivity contribution in [1.82, 2.24) is 4.90 Å². The zero-order chi connectivity index (χ0) is 13.3. The summed E-state index contributed by atoms with van der Waals surface area (Å²) < 4.78 is 5.29. The van der Waals surface area contributed by atoms with Gasteiger partial charge in [0, 0.05) is 18.1 Å². The largest absolute Gasteiger partial charge is 0.497 e. The summed E-state index contributed by atoms with van der Waals surface area (Å²) in [5.41, 5.74) is 9.05. The molecule has 2 rings (SSSR count). The van der Waals surface area contributed by atoms with Gasteiger partial charge in [0.05, 0.1) is 7.11 Å². The second-order valence-electron chi connectivity index (χ2n) is 5.29. The van der Waals surface area contributed by atoms with E-state index >= 15 is 0 Å². The Morgan fingerprint density at radius 3 is 2.72 bits per heavy atom. The Morgan fingerprint density at radius 2 is 2.17 bits per heavy atom. The average molecular weight is 248 g/mol. The molecule has 0 aliphatic heterocycles. The van der Waals surface area contributed by atoms with Crippen LogP contribution in [0.5, 0.6) is 5.75 Å². The van der Waals surface area contributed by atoms with Gasteiger partial charge < -0.3 is 10.5 Å². The lowest BCUT2D eigenvalue weighted by Gasteiger charge is -2.34. The fraction of sp³-hybridized carbons (Fsp3) is 0.600. The van der Waals surface area contributed by atoms with Gasteiger partial charge in [0.1, 0.15) is 5.75 Å². The van der Waals surface area contributed by atoms with Gasteiger partial charge in [-0.15, -0.1) is 0 Å². The van der Waals surface area contributed by atoms with Gasteiger partial charge >= 0.3 is 0 Å². The van der Waals surface area contributed by atoms with Crippen molar-refractivity contribution >= 4 is 0 Å². The molecule has 0 fully saturated rings. The van der Waals surface area contributed by atoms with E-state index in [0.717, 1.165) is 18.7 Å². The maximum absolute atomic E-state index is 6.43. The molecule has 1 aromatic rings. The van der Waals surface area contributed by atoms with Crippen molar-refractivity contribution < 1.29 is 4.74 Å². The maximum atomic E-state index is 6.43. The molecule has 18 heavy (non-hydrogen) atoms. The van der Waals surface area contributed by atoms with Crippen molar-refractivity contribution in [3.05, 3.63) is 29.3 Å². The van der Waals surface area contributed by atoms with Crippen LogP contribution >= 0.6 is 0 Å². The summed E-state index contributed by atoms with van der Waals surface area (Å²) in [5, 5.41) is 0. The van der Waals surface area contributed by atoms with Crippen molar-refractivity contribution in [3.63, 3.8) is 0 Å². The van der Waals surface area contributed by atoms with E-state index in [1.54, 1.807) is 7.11 Å². The third-order valence-corrected chi connectivity index (χ3v) is 4.01. The molecule has 2 N–H and O–H groups in total. The van der Waals surface area contributed by atoms with Gasteiger partial charge in [-0.1, -0.05) is 13.0 Å². The number of likely N-dealkylation sites (N-methyl/N-ethyl adjacent to an activating group) is 1. The number of nitrogens with zero attached hydrogens (tertiary/aromatic N) is 1. The number of rotatable bonds is 4. The highest BCUT2D eigenvalue weighted by atomic mass is 16.5. The average Bonchev–Trinajstić information content (AvgIpc) is 2.67. The monoisotopic (exact) mass is 248 g/mol. The molecule has 0 radical (unpaired) electrons. The van der Waals surface area contributed by atoms with E-state index in [1.165, 1.54) is 11.1 Å². The highest BCUT2D eigenvalue weighted by Gasteiger charge is 2.34. The molecule has 0 bridgehead atoms. The molecule has 1 aromatic carbocycles. The first-order valence-electron chi connectivity index (χ1n) is 6.76. The first-order valence-corrected chi connectivity index (χ1v) is 6.76. The van der Waals surface area contributed by atoms with Crippen molar-refractivity contribution in [2.75, 3.05) is 13.7 Å². The summed E-state index contributed by atoms with van der Waals surface area (Å²) in [4.78, 5) is 2.48. The van der Waals surface area contributed by atoms with Crippen LogP contribution in [0.15, 0.2) is 18.2 Å². The van der Waals surface area contributed by atoms with E-state index in [-0.39, 0.29) is 6.04 Å². The molecule has 0 saturated heterocycles. The van der Waals surface area contributed by atoms with E-state index in [2.05, 4.69) is 37.8 Å². The van der Waals surface area contributed by atoms with Crippen LogP contribution in [-0.2, 0) is 6.42 Å². The van der Waals surface area contributed by atoms with Crippen LogP contribution in [-0.4, -0.2) is 30.6 Å². The summed E-state index contributed by atoms with van der Waals surface area (Å²) in [6.45, 7) is 7.72. The van der Waals surface area contributed by atoms with Crippen LogP contribution in [0, 0.1) is 0 Å². The van der Waals surface area contributed by atoms with Crippen molar-refractivity contribution in [1.29, 1.82) is 0 Å². The van der Waals surface area contributed by atoms with Crippen LogP contribution in [0.2, 0.25) is 0 Å². The maximum Gasteiger partial charge on any atom is 0.119 e. The molecule has 3 heteroatoms. The van der Waals surface area contributed by atoms with Gasteiger partial charge in [0.15, 0.2) is 0 Å². The second-order valence-corrected chi connectivity index (χ2v) is 5.29. The molecule has 2 unspecified atom stereocenters. The highest BCUT2D eigenvalue weighted by Crippen LogP contribution is 2.35. The number of nitrogens with two attached hydrogens (primary N) is 1. The molecule has 1 aliphatic carbocycles. The van der Waals surface area contributed by atoms with Gasteiger partial charge in [-0.3, -0.25) is 4.90 Å². The van der Waals surface area contributed by atoms with Crippen LogP contribution < -0.4 is 10.5 Å². The predicted molar refractivity (Wildman–Crippen MR) is 74.9 cm³/mol. The summed E-state index contributed by atoms with van der Waals surface area (Å²) in [6.07, 6.45) is 1.05. The zero-order valence-corrected chi connectivity index (χ0v) is 11.8. The number of hydrogen-bond donors (Lipinski definition) is 1. The lowest BCUT2D eigenvalue weighted by molar-refractivity contribution is 0.148. The first-order chi connectivity index (χ1) is 8.58. The predicted octanol–water partition coefficient (Wildman–Crippen LogP) is 2.35. The third-order valence-electron chi connectivity index (χ3n) is 4.01. The lowest BCUT2D eigenvalue weighted by atomic mass is 10.1. The van der Waals surface area contributed by atoms with Gasteiger partial charge in [-0.25, -0.2) is 0 Å². The Labute approximate surface area is 110 Å². The Hall–Kier alpha value is -1.06. The van der Waals surface area contributed by atoms with E-state index < -0.39 is 0 Å². The SMILES string of the molecule is CCN(C(C)C)C1Cc2ccc(OC)cc2C1N. The van der Waals surface area contributed by atoms with Crippen LogP contribution in [0.1, 0.15) is 37.9 Å². The summed E-state index contributed by atoms with van der Waals surface area (Å²) in [5.74, 6) is 0.900. The molecule has 2 atom stereocenters. The van der Waals surface area contributed by atoms with Gasteiger partial charge in [-0.05, 0) is 50.1 Å². The molecule has 1 aliphatic rings. The van der Waals surface area contributed by atoms with E-state index in [1.807, 2.05) is 6.07 Å². The van der Waals surface area contributed by atoms with Gasteiger partial charge in [0.25, 0.3) is 0 Å². The third kappa shape index (κ3) is 2.25. The van der Waals surface area contributed by atoms with E-state index in [0.29, 0.717) is 12.1 Å². The molecule has 0 heterocycles. The van der Waals surface area contributed by atoms with E-state index in [9.17, 15) is 0 Å². The Morgan fingerprint density at radius 1 is 1.44 bits per heavy atom. The number of fused-ring (bicyclic) bond motifs is 1. The van der Waals surface area contributed by atoms with Gasteiger partial charge in [0.2, 0.25) is 0 Å². The lowest BCUT2D eigenvalue weighted by Crippen LogP contribution is -2.44. The van der Waals surface area contributed by atoms with Gasteiger partial charge in [-0.2, -0.15) is 0 Å². The summed E-state index contributed by atoms with van der Waals surface area (Å²) in [7, 11) is 1.70. The summed E-state index contributed by atoms with van der Waals surface area (Å²) in [6, 6.07) is 7.31. The molecule has 0 spiro atoms. The Bertz CT molecular complexity index is 417. The minimum atomic E-state index is 0.0949. The van der Waals surface area contributed by atoms with E-state index in [4.69, 9.17) is 10.5 Å². The van der Waals surface area contributed by atoms with Crippen molar-refractivity contribution in [2.45, 2.75) is 45.3 Å². The zero-order valence-electron chi connectivity index (χ0n) is 11.8. The molecular formula is C15H24N2O. The van der Waals surface area contributed by atoms with Crippen LogP contribution in [0.3, 0.4) is 0 Å². The quantitative estimate of drug-likeness (QED) is 0.889. The van der Waals surface area contributed by atoms with Crippen LogP contribution in [0.4, 0.5) is 0 Å². The van der Waals surface area contributed by atoms with Crippen LogP contribution in [0.25, 0.3) is 0 Å². The molecule has 100 valence electrons. The smallest absolute Gasteiger partial charge is 0.119 e. The van der Waals surface area contributed by atoms with Crippen molar-refractivity contribution in [2.24, 2.45) is 5.73 Å². The number of hydrogen-bond acceptors (Lipinski definition) is 3. The standard InChI is InChI=1S/C15H24N2O/c1-5-17(10(2)3)14-8-11-6-7-12(18-4)9-13(11)15(14)16/h6-7,9-10,14-15H,5,8,16H2,1-4H3. The Kier molecular flexibility index (Phi) is 3.93. The molecule has 0 saturated carbocycles. The molecule has 0 amide bonds. The first kappa shape index (κ1) is 13.4. The Balaban J connectivity index is 2.26. The fourth-order valence-electron chi connectivity index (χ4n) is 3.06. The molecular weight excluding hydrogens is 224 g/mol. The normalized spacial score (nSPS) is 22.6. The number of methoxy groups -OCH3 is 1. The molecule has 0 aromatic heterocycles. The second kappa shape index (κ2) is 5.29. The highest BCUT2D eigenvalue weighted by molar-refractivity contribution is 5.42. The minimum absolute atomic E-state index is 0.0949. The fourth-order valence-corrected chi connectivity index (χ4v) is 3.06. The molecule has 3 nitrogen and oxygen atoms in total. The number of ether oxygens (including phenoxy) is 1. The number of benzene rings is 1. The summed E-state index contributed by atoms with van der Waals surface area (Å²) >= 11 is 0. The minimum Gasteiger partial charge on any atom is -0.497 e. The van der Waals surface area contributed by atoms with Crippen molar-refractivity contribution in [3.8, 4) is 5.75 Å². The topological polar surface area (TPSA) is 38.5 Å².